The smallest absolute Gasteiger partial charge is 0.230 e. The molecule has 0 unspecified atom stereocenters. The molecule has 2 aromatic heterocycles. The second kappa shape index (κ2) is 7.94. The lowest BCUT2D eigenvalue weighted by atomic mass is 10.1. The van der Waals surface area contributed by atoms with Crippen LogP contribution in [0.15, 0.2) is 35.0 Å². The van der Waals surface area contributed by atoms with Crippen molar-refractivity contribution in [2.24, 2.45) is 0 Å². The number of nitrogens with zero attached hydrogens (tertiary/aromatic N) is 3. The van der Waals surface area contributed by atoms with E-state index < -0.39 is 0 Å². The number of nitrogens with one attached hydrogen (secondary N) is 1. The molecule has 2 heterocycles. The molecule has 0 saturated carbocycles. The summed E-state index contributed by atoms with van der Waals surface area (Å²) in [6.45, 7) is 4.04. The number of aryl methyl sites for hydroxylation is 2. The summed E-state index contributed by atoms with van der Waals surface area (Å²) in [7, 11) is 3.19. The van der Waals surface area contributed by atoms with Gasteiger partial charge in [0.05, 0.1) is 39.1 Å². The zero-order valence-corrected chi connectivity index (χ0v) is 15.8. The summed E-state index contributed by atoms with van der Waals surface area (Å²) in [6, 6.07) is 7.39. The largest absolute Gasteiger partial charge is 0.493 e. The number of para-hydroxylation sites is 1. The minimum atomic E-state index is -0.163. The first-order valence-electron chi connectivity index (χ1n) is 8.46. The molecule has 27 heavy (non-hydrogen) atoms. The summed E-state index contributed by atoms with van der Waals surface area (Å²) in [4.78, 5) is 12.4. The fourth-order valence-electron chi connectivity index (χ4n) is 2.91. The second-order valence-electron chi connectivity index (χ2n) is 6.05. The molecule has 142 valence electrons. The number of amides is 1. The summed E-state index contributed by atoms with van der Waals surface area (Å²) >= 11 is 0. The van der Waals surface area contributed by atoms with Gasteiger partial charge < -0.3 is 19.3 Å². The zero-order chi connectivity index (χ0) is 19.4. The Morgan fingerprint density at radius 1 is 1.22 bits per heavy atom. The van der Waals surface area contributed by atoms with Crippen molar-refractivity contribution >= 4 is 11.7 Å². The molecule has 1 aromatic carbocycles. The molecule has 1 amide bonds. The summed E-state index contributed by atoms with van der Waals surface area (Å²) in [5.41, 5.74) is 2.41. The van der Waals surface area contributed by atoms with E-state index in [9.17, 15) is 4.79 Å². The fraction of sp³-hybridized carbons (Fsp3) is 0.316. The SMILES string of the molecule is COc1cccc(Cn2nccc2NC(=O)Cc2c(C)noc2C)c1OC. The molecule has 0 aliphatic heterocycles. The number of hydrogen-bond donors (Lipinski definition) is 1. The van der Waals surface area contributed by atoms with Crippen LogP contribution in [-0.4, -0.2) is 35.1 Å². The maximum atomic E-state index is 12.4. The van der Waals surface area contributed by atoms with E-state index in [2.05, 4.69) is 15.6 Å². The predicted molar refractivity (Wildman–Crippen MR) is 99.2 cm³/mol. The quantitative estimate of drug-likeness (QED) is 0.688. The van der Waals surface area contributed by atoms with E-state index in [0.29, 0.717) is 29.6 Å². The van der Waals surface area contributed by atoms with Crippen LogP contribution >= 0.6 is 0 Å². The highest BCUT2D eigenvalue weighted by atomic mass is 16.5. The number of ether oxygens (including phenoxy) is 2. The number of carbonyl (C=O) groups is 1. The Morgan fingerprint density at radius 2 is 2.04 bits per heavy atom. The number of benzene rings is 1. The molecule has 3 rings (SSSR count). The van der Waals surface area contributed by atoms with Gasteiger partial charge in [0.2, 0.25) is 5.91 Å². The predicted octanol–water partition coefficient (Wildman–Crippen LogP) is 2.73. The van der Waals surface area contributed by atoms with Gasteiger partial charge in [-0.2, -0.15) is 5.10 Å². The number of anilines is 1. The van der Waals surface area contributed by atoms with Crippen LogP contribution in [-0.2, 0) is 17.8 Å². The van der Waals surface area contributed by atoms with Gasteiger partial charge in [0, 0.05) is 17.2 Å². The Bertz CT molecular complexity index is 926. The summed E-state index contributed by atoms with van der Waals surface area (Å²) < 4.78 is 17.6. The standard InChI is InChI=1S/C19H22N4O4/c1-12-15(13(2)27-22-12)10-18(24)21-17-8-9-20-23(17)11-14-6-5-7-16(25-3)19(14)26-4/h5-9H,10-11H2,1-4H3,(H,21,24). The van der Waals surface area contributed by atoms with Gasteiger partial charge in [-0.05, 0) is 19.9 Å². The van der Waals surface area contributed by atoms with Crippen molar-refractivity contribution in [2.45, 2.75) is 26.8 Å². The average Bonchev–Trinajstić information content (AvgIpc) is 3.22. The normalized spacial score (nSPS) is 10.7. The molecule has 0 bridgehead atoms. The molecule has 0 atom stereocenters. The highest BCUT2D eigenvalue weighted by molar-refractivity contribution is 5.91. The highest BCUT2D eigenvalue weighted by Gasteiger charge is 2.16. The summed E-state index contributed by atoms with van der Waals surface area (Å²) in [6.07, 6.45) is 1.83. The molecule has 8 nitrogen and oxygen atoms in total. The molecular formula is C19H22N4O4. The molecule has 0 radical (unpaired) electrons. The van der Waals surface area contributed by atoms with E-state index in [-0.39, 0.29) is 12.3 Å². The van der Waals surface area contributed by atoms with Gasteiger partial charge in [-0.25, -0.2) is 4.68 Å². The molecule has 1 N–H and O–H groups in total. The molecule has 0 saturated heterocycles. The van der Waals surface area contributed by atoms with Crippen molar-refractivity contribution in [2.75, 3.05) is 19.5 Å². The Kier molecular flexibility index (Phi) is 5.44. The summed E-state index contributed by atoms with van der Waals surface area (Å²) in [5, 5.41) is 11.1. The van der Waals surface area contributed by atoms with Crippen LogP contribution in [0.5, 0.6) is 11.5 Å². The van der Waals surface area contributed by atoms with E-state index in [1.165, 1.54) is 0 Å². The number of aromatic nitrogens is 3. The minimum absolute atomic E-state index is 0.163. The van der Waals surface area contributed by atoms with Crippen LogP contribution in [0, 0.1) is 13.8 Å². The van der Waals surface area contributed by atoms with E-state index in [1.807, 2.05) is 25.1 Å². The second-order valence-corrected chi connectivity index (χ2v) is 6.05. The minimum Gasteiger partial charge on any atom is -0.493 e. The van der Waals surface area contributed by atoms with E-state index in [0.717, 1.165) is 16.8 Å². The van der Waals surface area contributed by atoms with E-state index in [4.69, 9.17) is 14.0 Å². The number of hydrogen-bond acceptors (Lipinski definition) is 6. The molecule has 0 aliphatic carbocycles. The van der Waals surface area contributed by atoms with Crippen LogP contribution in [0.2, 0.25) is 0 Å². The molecular weight excluding hydrogens is 348 g/mol. The van der Waals surface area contributed by atoms with Gasteiger partial charge in [0.15, 0.2) is 11.5 Å². The van der Waals surface area contributed by atoms with Crippen molar-refractivity contribution in [3.8, 4) is 11.5 Å². The lowest BCUT2D eigenvalue weighted by molar-refractivity contribution is -0.115. The van der Waals surface area contributed by atoms with Crippen LogP contribution in [0.25, 0.3) is 0 Å². The van der Waals surface area contributed by atoms with Gasteiger partial charge in [-0.3, -0.25) is 4.79 Å². The Hall–Kier alpha value is -3.29. The lowest BCUT2D eigenvalue weighted by Crippen LogP contribution is -2.18. The summed E-state index contributed by atoms with van der Waals surface area (Å²) in [5.74, 6) is 2.37. The van der Waals surface area contributed by atoms with Crippen LogP contribution in [0.4, 0.5) is 5.82 Å². The third-order valence-electron chi connectivity index (χ3n) is 4.31. The van der Waals surface area contributed by atoms with Crippen molar-refractivity contribution in [3.05, 3.63) is 53.0 Å². The van der Waals surface area contributed by atoms with Crippen molar-refractivity contribution in [3.63, 3.8) is 0 Å². The van der Waals surface area contributed by atoms with Crippen LogP contribution in [0.1, 0.15) is 22.6 Å². The lowest BCUT2D eigenvalue weighted by Gasteiger charge is -2.14. The van der Waals surface area contributed by atoms with Gasteiger partial charge in [0.25, 0.3) is 0 Å². The highest BCUT2D eigenvalue weighted by Crippen LogP contribution is 2.31. The Labute approximate surface area is 157 Å². The van der Waals surface area contributed by atoms with Gasteiger partial charge >= 0.3 is 0 Å². The fourth-order valence-corrected chi connectivity index (χ4v) is 2.91. The van der Waals surface area contributed by atoms with Crippen LogP contribution in [0.3, 0.4) is 0 Å². The Morgan fingerprint density at radius 3 is 2.70 bits per heavy atom. The maximum Gasteiger partial charge on any atom is 0.230 e. The van der Waals surface area contributed by atoms with Gasteiger partial charge in [-0.1, -0.05) is 17.3 Å². The van der Waals surface area contributed by atoms with Gasteiger partial charge in [0.1, 0.15) is 11.6 Å². The zero-order valence-electron chi connectivity index (χ0n) is 15.8. The molecule has 0 spiro atoms. The third kappa shape index (κ3) is 3.94. The van der Waals surface area contributed by atoms with E-state index >= 15 is 0 Å². The number of rotatable bonds is 7. The van der Waals surface area contributed by atoms with Crippen molar-refractivity contribution in [1.82, 2.24) is 14.9 Å². The maximum absolute atomic E-state index is 12.4. The topological polar surface area (TPSA) is 91.4 Å². The van der Waals surface area contributed by atoms with E-state index in [1.54, 1.807) is 38.1 Å². The van der Waals surface area contributed by atoms with Crippen molar-refractivity contribution in [1.29, 1.82) is 0 Å². The first-order valence-corrected chi connectivity index (χ1v) is 8.46. The molecule has 3 aromatic rings. The molecule has 0 fully saturated rings. The van der Waals surface area contributed by atoms with Crippen molar-refractivity contribution < 1.29 is 18.8 Å². The van der Waals surface area contributed by atoms with Gasteiger partial charge in [-0.15, -0.1) is 0 Å². The molecule has 0 aliphatic rings. The first kappa shape index (κ1) is 18.5. The number of carbonyl (C=O) groups excluding carboxylic acids is 1. The Balaban J connectivity index is 1.76. The first-order chi connectivity index (χ1) is 13.0. The third-order valence-corrected chi connectivity index (χ3v) is 4.31. The molecule has 8 heteroatoms. The number of methoxy groups -OCH3 is 2. The van der Waals surface area contributed by atoms with Crippen LogP contribution < -0.4 is 14.8 Å². The monoisotopic (exact) mass is 370 g/mol. The average molecular weight is 370 g/mol.